The third kappa shape index (κ3) is 3.20. The van der Waals surface area contributed by atoms with Crippen LogP contribution in [0.25, 0.3) is 0 Å². The molecule has 0 radical (unpaired) electrons. The summed E-state index contributed by atoms with van der Waals surface area (Å²) >= 11 is 0. The van der Waals surface area contributed by atoms with Crippen LogP contribution in [0.2, 0.25) is 0 Å². The number of nitrogen functional groups attached to an aromatic ring is 1. The number of para-hydroxylation sites is 1. The maximum Gasteiger partial charge on any atom is 0.253 e. The summed E-state index contributed by atoms with van der Waals surface area (Å²) in [5, 5.41) is 11.6. The second kappa shape index (κ2) is 5.46. The first-order valence-electron chi connectivity index (χ1n) is 5.02. The SMILES string of the molecule is CC(O)CCNC(=O)c1cccc(F)c1N. The quantitative estimate of drug-likeness (QED) is 0.668. The van der Waals surface area contributed by atoms with Gasteiger partial charge in [-0.3, -0.25) is 4.79 Å². The maximum absolute atomic E-state index is 13.0. The number of halogens is 1. The summed E-state index contributed by atoms with van der Waals surface area (Å²) in [5.74, 6) is -1.04. The molecule has 0 aliphatic carbocycles. The number of hydrogen-bond acceptors (Lipinski definition) is 3. The molecule has 0 aliphatic heterocycles. The zero-order valence-electron chi connectivity index (χ0n) is 9.03. The largest absolute Gasteiger partial charge is 0.396 e. The number of benzene rings is 1. The van der Waals surface area contributed by atoms with E-state index in [9.17, 15) is 9.18 Å². The van der Waals surface area contributed by atoms with Crippen molar-refractivity contribution < 1.29 is 14.3 Å². The predicted molar refractivity (Wildman–Crippen MR) is 59.4 cm³/mol. The van der Waals surface area contributed by atoms with Gasteiger partial charge in [0.05, 0.1) is 17.4 Å². The molecule has 1 unspecified atom stereocenters. The molecular formula is C11H15FN2O2. The number of hydrogen-bond donors (Lipinski definition) is 3. The van der Waals surface area contributed by atoms with Crippen molar-refractivity contribution in [3.63, 3.8) is 0 Å². The van der Waals surface area contributed by atoms with Crippen molar-refractivity contribution in [2.75, 3.05) is 12.3 Å². The molecule has 0 bridgehead atoms. The van der Waals surface area contributed by atoms with Crippen LogP contribution in [-0.4, -0.2) is 23.7 Å². The van der Waals surface area contributed by atoms with Crippen molar-refractivity contribution in [3.8, 4) is 0 Å². The molecule has 88 valence electrons. The molecule has 0 heterocycles. The van der Waals surface area contributed by atoms with Gasteiger partial charge in [-0.05, 0) is 25.5 Å². The van der Waals surface area contributed by atoms with Gasteiger partial charge in [-0.1, -0.05) is 6.07 Å². The van der Waals surface area contributed by atoms with Gasteiger partial charge in [-0.25, -0.2) is 4.39 Å². The number of nitrogens with two attached hydrogens (primary N) is 1. The van der Waals surface area contributed by atoms with E-state index in [-0.39, 0.29) is 11.3 Å². The van der Waals surface area contributed by atoms with Gasteiger partial charge in [0.25, 0.3) is 5.91 Å². The number of amides is 1. The summed E-state index contributed by atoms with van der Waals surface area (Å²) in [6.45, 7) is 1.95. The van der Waals surface area contributed by atoms with Crippen LogP contribution in [0.15, 0.2) is 18.2 Å². The lowest BCUT2D eigenvalue weighted by Crippen LogP contribution is -2.27. The van der Waals surface area contributed by atoms with Crippen LogP contribution in [0, 0.1) is 5.82 Å². The number of aliphatic hydroxyl groups excluding tert-OH is 1. The lowest BCUT2D eigenvalue weighted by atomic mass is 10.1. The van der Waals surface area contributed by atoms with Crippen molar-refractivity contribution in [1.82, 2.24) is 5.32 Å². The van der Waals surface area contributed by atoms with Crippen LogP contribution < -0.4 is 11.1 Å². The molecule has 4 N–H and O–H groups in total. The average Bonchev–Trinajstić information content (AvgIpc) is 2.21. The van der Waals surface area contributed by atoms with Crippen molar-refractivity contribution in [2.45, 2.75) is 19.4 Å². The van der Waals surface area contributed by atoms with Crippen LogP contribution in [0.3, 0.4) is 0 Å². The van der Waals surface area contributed by atoms with Crippen LogP contribution in [0.4, 0.5) is 10.1 Å². The van der Waals surface area contributed by atoms with Gasteiger partial charge in [0, 0.05) is 6.54 Å². The van der Waals surface area contributed by atoms with Crippen LogP contribution in [0.5, 0.6) is 0 Å². The normalized spacial score (nSPS) is 12.2. The Balaban J connectivity index is 2.63. The molecule has 0 saturated heterocycles. The minimum Gasteiger partial charge on any atom is -0.396 e. The minimum absolute atomic E-state index is 0.116. The molecular weight excluding hydrogens is 211 g/mol. The van der Waals surface area contributed by atoms with Crippen molar-refractivity contribution >= 4 is 11.6 Å². The van der Waals surface area contributed by atoms with E-state index in [1.54, 1.807) is 6.92 Å². The Morgan fingerprint density at radius 2 is 2.31 bits per heavy atom. The van der Waals surface area contributed by atoms with Gasteiger partial charge in [-0.2, -0.15) is 0 Å². The zero-order valence-corrected chi connectivity index (χ0v) is 9.03. The van der Waals surface area contributed by atoms with Crippen molar-refractivity contribution in [1.29, 1.82) is 0 Å². The second-order valence-corrected chi connectivity index (χ2v) is 3.59. The number of aliphatic hydroxyl groups is 1. The molecule has 0 aromatic heterocycles. The lowest BCUT2D eigenvalue weighted by molar-refractivity contribution is 0.0946. The number of carbonyl (C=O) groups is 1. The summed E-state index contributed by atoms with van der Waals surface area (Å²) in [6, 6.07) is 4.08. The first kappa shape index (κ1) is 12.4. The van der Waals surface area contributed by atoms with Gasteiger partial charge < -0.3 is 16.2 Å². The summed E-state index contributed by atoms with van der Waals surface area (Å²) in [6.07, 6.45) is -0.0359. The highest BCUT2D eigenvalue weighted by molar-refractivity contribution is 5.99. The molecule has 1 aromatic carbocycles. The van der Waals surface area contributed by atoms with Crippen LogP contribution >= 0.6 is 0 Å². The van der Waals surface area contributed by atoms with E-state index in [1.165, 1.54) is 18.2 Å². The third-order valence-electron chi connectivity index (χ3n) is 2.15. The summed E-state index contributed by atoms with van der Waals surface area (Å²) in [7, 11) is 0. The van der Waals surface area contributed by atoms with E-state index in [0.717, 1.165) is 0 Å². The Bertz CT molecular complexity index is 380. The van der Waals surface area contributed by atoms with E-state index < -0.39 is 17.8 Å². The van der Waals surface area contributed by atoms with E-state index in [0.29, 0.717) is 13.0 Å². The second-order valence-electron chi connectivity index (χ2n) is 3.59. The smallest absolute Gasteiger partial charge is 0.253 e. The molecule has 4 nitrogen and oxygen atoms in total. The Hall–Kier alpha value is -1.62. The highest BCUT2D eigenvalue weighted by Gasteiger charge is 2.11. The van der Waals surface area contributed by atoms with Crippen LogP contribution in [-0.2, 0) is 0 Å². The molecule has 1 aromatic rings. The fraction of sp³-hybridized carbons (Fsp3) is 0.364. The molecule has 1 rings (SSSR count). The molecule has 1 amide bonds. The number of rotatable bonds is 4. The summed E-state index contributed by atoms with van der Waals surface area (Å²) in [5.41, 5.74) is 5.39. The zero-order chi connectivity index (χ0) is 12.1. The van der Waals surface area contributed by atoms with Crippen molar-refractivity contribution in [2.24, 2.45) is 0 Å². The van der Waals surface area contributed by atoms with Gasteiger partial charge in [-0.15, -0.1) is 0 Å². The summed E-state index contributed by atoms with van der Waals surface area (Å²) < 4.78 is 13.0. The van der Waals surface area contributed by atoms with Gasteiger partial charge in [0.15, 0.2) is 0 Å². The molecule has 1 atom stereocenters. The molecule has 0 aliphatic rings. The lowest BCUT2D eigenvalue weighted by Gasteiger charge is -2.08. The first-order valence-corrected chi connectivity index (χ1v) is 5.02. The minimum atomic E-state index is -0.608. The van der Waals surface area contributed by atoms with Crippen LogP contribution in [0.1, 0.15) is 23.7 Å². The van der Waals surface area contributed by atoms with E-state index in [4.69, 9.17) is 10.8 Å². The maximum atomic E-state index is 13.0. The molecule has 5 heteroatoms. The van der Waals surface area contributed by atoms with Gasteiger partial charge >= 0.3 is 0 Å². The fourth-order valence-corrected chi connectivity index (χ4v) is 1.22. The average molecular weight is 226 g/mol. The third-order valence-corrected chi connectivity index (χ3v) is 2.15. The topological polar surface area (TPSA) is 75.3 Å². The Kier molecular flexibility index (Phi) is 4.25. The standard InChI is InChI=1S/C11H15FN2O2/c1-7(15)5-6-14-11(16)8-3-2-4-9(12)10(8)13/h2-4,7,15H,5-6,13H2,1H3,(H,14,16). The van der Waals surface area contributed by atoms with Gasteiger partial charge in [0.1, 0.15) is 5.82 Å². The number of anilines is 1. The number of carbonyl (C=O) groups excluding carboxylic acids is 1. The fourth-order valence-electron chi connectivity index (χ4n) is 1.22. The number of nitrogens with one attached hydrogen (secondary N) is 1. The molecule has 0 spiro atoms. The van der Waals surface area contributed by atoms with Crippen molar-refractivity contribution in [3.05, 3.63) is 29.6 Å². The Labute approximate surface area is 93.3 Å². The Morgan fingerprint density at radius 3 is 2.94 bits per heavy atom. The predicted octanol–water partition coefficient (Wildman–Crippen LogP) is 0.909. The monoisotopic (exact) mass is 226 g/mol. The highest BCUT2D eigenvalue weighted by Crippen LogP contribution is 2.15. The summed E-state index contributed by atoms with van der Waals surface area (Å²) in [4.78, 5) is 11.6. The molecule has 16 heavy (non-hydrogen) atoms. The highest BCUT2D eigenvalue weighted by atomic mass is 19.1. The van der Waals surface area contributed by atoms with E-state index in [2.05, 4.69) is 5.32 Å². The first-order chi connectivity index (χ1) is 7.52. The van der Waals surface area contributed by atoms with Gasteiger partial charge in [0.2, 0.25) is 0 Å². The Morgan fingerprint density at radius 1 is 1.62 bits per heavy atom. The molecule has 0 saturated carbocycles. The van der Waals surface area contributed by atoms with E-state index >= 15 is 0 Å². The van der Waals surface area contributed by atoms with E-state index in [1.807, 2.05) is 0 Å². The molecule has 0 fully saturated rings.